The Labute approximate surface area is 162 Å². The molecule has 0 heterocycles. The summed E-state index contributed by atoms with van der Waals surface area (Å²) in [6.07, 6.45) is 1.67. The van der Waals surface area contributed by atoms with Gasteiger partial charge in [0, 0.05) is 17.8 Å². The van der Waals surface area contributed by atoms with Crippen LogP contribution in [0.4, 0.5) is 5.69 Å². The van der Waals surface area contributed by atoms with Crippen molar-refractivity contribution < 1.29 is 13.2 Å². The first kappa shape index (κ1) is 21.1. The Morgan fingerprint density at radius 2 is 1.70 bits per heavy atom. The predicted molar refractivity (Wildman–Crippen MR) is 110 cm³/mol. The van der Waals surface area contributed by atoms with Crippen LogP contribution in [0.3, 0.4) is 0 Å². The number of hydrogen-bond donors (Lipinski definition) is 2. The number of rotatable bonds is 7. The number of sulfonamides is 1. The molecular formula is C21H28N2O3S. The van der Waals surface area contributed by atoms with Gasteiger partial charge in [-0.1, -0.05) is 52.3 Å². The van der Waals surface area contributed by atoms with Crippen molar-refractivity contribution in [1.29, 1.82) is 0 Å². The highest BCUT2D eigenvalue weighted by Crippen LogP contribution is 2.23. The molecule has 0 saturated heterocycles. The third-order valence-corrected chi connectivity index (χ3v) is 5.70. The lowest BCUT2D eigenvalue weighted by atomic mass is 9.87. The lowest BCUT2D eigenvalue weighted by Gasteiger charge is -2.19. The highest BCUT2D eigenvalue weighted by atomic mass is 32.2. The van der Waals surface area contributed by atoms with E-state index in [1.165, 1.54) is 17.7 Å². The highest BCUT2D eigenvalue weighted by Gasteiger charge is 2.16. The quantitative estimate of drug-likeness (QED) is 0.694. The van der Waals surface area contributed by atoms with E-state index in [9.17, 15) is 13.2 Å². The van der Waals surface area contributed by atoms with Gasteiger partial charge in [0.05, 0.1) is 4.90 Å². The number of carbonyl (C=O) groups excluding carboxylic acids is 1. The molecule has 0 atom stereocenters. The van der Waals surface area contributed by atoms with E-state index in [0.717, 1.165) is 12.8 Å². The normalized spacial score (nSPS) is 12.0. The van der Waals surface area contributed by atoms with E-state index >= 15 is 0 Å². The van der Waals surface area contributed by atoms with Crippen LogP contribution in [0.2, 0.25) is 0 Å². The molecule has 0 fully saturated rings. The number of unbranched alkanes of at least 4 members (excludes halogenated alkanes) is 1. The number of anilines is 1. The Morgan fingerprint density at radius 3 is 2.30 bits per heavy atom. The first-order valence-corrected chi connectivity index (χ1v) is 10.6. The third kappa shape index (κ3) is 5.91. The Kier molecular flexibility index (Phi) is 6.78. The molecule has 0 aliphatic heterocycles. The summed E-state index contributed by atoms with van der Waals surface area (Å²) in [7, 11) is -3.61. The zero-order valence-corrected chi connectivity index (χ0v) is 17.2. The van der Waals surface area contributed by atoms with Crippen molar-refractivity contribution in [2.45, 2.75) is 50.8 Å². The van der Waals surface area contributed by atoms with Crippen LogP contribution in [0.15, 0.2) is 53.4 Å². The minimum Gasteiger partial charge on any atom is -0.322 e. The van der Waals surface area contributed by atoms with Gasteiger partial charge >= 0.3 is 0 Å². The van der Waals surface area contributed by atoms with Crippen LogP contribution in [0.1, 0.15) is 56.5 Å². The van der Waals surface area contributed by atoms with Crippen LogP contribution in [0, 0.1) is 0 Å². The van der Waals surface area contributed by atoms with Crippen molar-refractivity contribution in [2.75, 3.05) is 11.9 Å². The maximum atomic E-state index is 12.5. The Morgan fingerprint density at radius 1 is 1.04 bits per heavy atom. The summed E-state index contributed by atoms with van der Waals surface area (Å²) in [6, 6.07) is 13.7. The van der Waals surface area contributed by atoms with Gasteiger partial charge in [-0.05, 0) is 47.7 Å². The number of benzene rings is 2. The van der Waals surface area contributed by atoms with E-state index in [0.29, 0.717) is 17.8 Å². The highest BCUT2D eigenvalue weighted by molar-refractivity contribution is 7.89. The molecule has 2 N–H and O–H groups in total. The predicted octanol–water partition coefficient (Wildman–Crippen LogP) is 4.31. The van der Waals surface area contributed by atoms with Gasteiger partial charge in [0.15, 0.2) is 0 Å². The third-order valence-electron chi connectivity index (χ3n) is 4.24. The zero-order chi connectivity index (χ0) is 20.1. The SMILES string of the molecule is CCCCNS(=O)(=O)c1cccc(C(=O)Nc2ccc(C(C)(C)C)cc2)c1. The van der Waals surface area contributed by atoms with Gasteiger partial charge in [-0.2, -0.15) is 0 Å². The number of nitrogens with one attached hydrogen (secondary N) is 2. The lowest BCUT2D eigenvalue weighted by molar-refractivity contribution is 0.102. The van der Waals surface area contributed by atoms with E-state index in [-0.39, 0.29) is 16.2 Å². The summed E-state index contributed by atoms with van der Waals surface area (Å²) in [5.41, 5.74) is 2.18. The molecule has 0 aromatic heterocycles. The summed E-state index contributed by atoms with van der Waals surface area (Å²) < 4.78 is 27.2. The van der Waals surface area contributed by atoms with Crippen molar-refractivity contribution >= 4 is 21.6 Å². The van der Waals surface area contributed by atoms with E-state index in [1.54, 1.807) is 12.1 Å². The standard InChI is InChI=1S/C21H28N2O3S/c1-5-6-14-22-27(25,26)19-9-7-8-16(15-19)20(24)23-18-12-10-17(11-13-18)21(2,3)4/h7-13,15,22H,5-6,14H2,1-4H3,(H,23,24). The van der Waals surface area contributed by atoms with Gasteiger partial charge in [-0.3, -0.25) is 4.79 Å². The van der Waals surface area contributed by atoms with E-state index in [4.69, 9.17) is 0 Å². The Hall–Kier alpha value is -2.18. The average Bonchev–Trinajstić information content (AvgIpc) is 2.61. The number of hydrogen-bond acceptors (Lipinski definition) is 3. The minimum atomic E-state index is -3.61. The van der Waals surface area contributed by atoms with Crippen LogP contribution in [0.25, 0.3) is 0 Å². The smallest absolute Gasteiger partial charge is 0.255 e. The molecule has 2 aromatic carbocycles. The van der Waals surface area contributed by atoms with Crippen molar-refractivity contribution in [3.05, 3.63) is 59.7 Å². The maximum absolute atomic E-state index is 12.5. The van der Waals surface area contributed by atoms with Gasteiger partial charge in [-0.25, -0.2) is 13.1 Å². The molecule has 5 nitrogen and oxygen atoms in total. The van der Waals surface area contributed by atoms with Crippen molar-refractivity contribution in [3.63, 3.8) is 0 Å². The molecule has 2 aromatic rings. The second-order valence-electron chi connectivity index (χ2n) is 7.56. The molecular weight excluding hydrogens is 360 g/mol. The largest absolute Gasteiger partial charge is 0.322 e. The fraction of sp³-hybridized carbons (Fsp3) is 0.381. The molecule has 0 radical (unpaired) electrons. The summed E-state index contributed by atoms with van der Waals surface area (Å²) >= 11 is 0. The first-order chi connectivity index (χ1) is 12.6. The molecule has 146 valence electrons. The summed E-state index contributed by atoms with van der Waals surface area (Å²) in [6.45, 7) is 8.76. The summed E-state index contributed by atoms with van der Waals surface area (Å²) in [5, 5.41) is 2.81. The molecule has 0 bridgehead atoms. The second kappa shape index (κ2) is 8.67. The van der Waals surface area contributed by atoms with Crippen molar-refractivity contribution in [2.24, 2.45) is 0 Å². The summed E-state index contributed by atoms with van der Waals surface area (Å²) in [5.74, 6) is -0.343. The van der Waals surface area contributed by atoms with Gasteiger partial charge in [0.1, 0.15) is 0 Å². The average molecular weight is 389 g/mol. The molecule has 1 amide bonds. The molecule has 0 aliphatic rings. The van der Waals surface area contributed by atoms with E-state index < -0.39 is 10.0 Å². The van der Waals surface area contributed by atoms with Crippen LogP contribution in [0.5, 0.6) is 0 Å². The van der Waals surface area contributed by atoms with Crippen LogP contribution < -0.4 is 10.0 Å². The van der Waals surface area contributed by atoms with Gasteiger partial charge in [0.2, 0.25) is 10.0 Å². The monoisotopic (exact) mass is 388 g/mol. The molecule has 0 saturated carbocycles. The zero-order valence-electron chi connectivity index (χ0n) is 16.4. The topological polar surface area (TPSA) is 75.3 Å². The first-order valence-electron chi connectivity index (χ1n) is 9.15. The fourth-order valence-electron chi connectivity index (χ4n) is 2.53. The van der Waals surface area contributed by atoms with Gasteiger partial charge < -0.3 is 5.32 Å². The van der Waals surface area contributed by atoms with Crippen molar-refractivity contribution in [3.8, 4) is 0 Å². The van der Waals surface area contributed by atoms with E-state index in [1.807, 2.05) is 31.2 Å². The lowest BCUT2D eigenvalue weighted by Crippen LogP contribution is -2.25. The van der Waals surface area contributed by atoms with Crippen LogP contribution in [-0.2, 0) is 15.4 Å². The van der Waals surface area contributed by atoms with Crippen LogP contribution >= 0.6 is 0 Å². The van der Waals surface area contributed by atoms with Crippen molar-refractivity contribution in [1.82, 2.24) is 4.72 Å². The van der Waals surface area contributed by atoms with Gasteiger partial charge in [0.25, 0.3) is 5.91 Å². The summed E-state index contributed by atoms with van der Waals surface area (Å²) in [4.78, 5) is 12.6. The number of amides is 1. The fourth-order valence-corrected chi connectivity index (χ4v) is 3.65. The van der Waals surface area contributed by atoms with Gasteiger partial charge in [-0.15, -0.1) is 0 Å². The molecule has 0 unspecified atom stereocenters. The molecule has 0 spiro atoms. The Balaban J connectivity index is 2.13. The number of carbonyl (C=O) groups is 1. The maximum Gasteiger partial charge on any atom is 0.255 e. The Bertz CT molecular complexity index is 882. The molecule has 27 heavy (non-hydrogen) atoms. The molecule has 2 rings (SSSR count). The molecule has 6 heteroatoms. The second-order valence-corrected chi connectivity index (χ2v) is 9.33. The van der Waals surface area contributed by atoms with E-state index in [2.05, 4.69) is 30.8 Å². The van der Waals surface area contributed by atoms with Crippen LogP contribution in [-0.4, -0.2) is 20.9 Å². The minimum absolute atomic E-state index is 0.0377. The molecule has 0 aliphatic carbocycles.